The van der Waals surface area contributed by atoms with Crippen molar-refractivity contribution in [2.24, 2.45) is 11.8 Å². The predicted molar refractivity (Wildman–Crippen MR) is 106 cm³/mol. The lowest BCUT2D eigenvalue weighted by molar-refractivity contribution is -0.916. The van der Waals surface area contributed by atoms with E-state index in [0.717, 1.165) is 29.0 Å². The number of fused-ring (bicyclic) bond motifs is 2. The molecule has 3 aliphatic heterocycles. The number of hydrogen-bond acceptors (Lipinski definition) is 5. The second-order valence-electron chi connectivity index (χ2n) is 8.84. The molecule has 6 nitrogen and oxygen atoms in total. The van der Waals surface area contributed by atoms with Gasteiger partial charge in [-0.3, -0.25) is 4.79 Å². The standard InChI is InChI=1S/C22H28N2O4/c1-5-13-12-24(26)9-8-22-16-10-14(27-3)6-7-17(16)23(2)20(22)18(24)11-15(13)19(22)21(25)28-4/h5-7,10,15,18-20H,8-9,11-12H2,1-4H3/b13-5-/t15-,18-,19-,20?,22-,24?/m0/s1. The fourth-order valence-corrected chi connectivity index (χ4v) is 7.04. The lowest BCUT2D eigenvalue weighted by atomic mass is 9.50. The van der Waals surface area contributed by atoms with Gasteiger partial charge in [-0.1, -0.05) is 6.08 Å². The molecule has 2 saturated heterocycles. The Kier molecular flexibility index (Phi) is 3.69. The Hall–Kier alpha value is -2.05. The number of methoxy groups -OCH3 is 2. The zero-order valence-corrected chi connectivity index (χ0v) is 17.0. The number of anilines is 1. The highest BCUT2D eigenvalue weighted by molar-refractivity contribution is 5.80. The Balaban J connectivity index is 1.80. The number of nitrogens with zero attached hydrogens (tertiary/aromatic N) is 2. The molecule has 6 atom stereocenters. The molecule has 1 aliphatic carbocycles. The van der Waals surface area contributed by atoms with Crippen LogP contribution in [0, 0.1) is 17.0 Å². The van der Waals surface area contributed by atoms with E-state index in [-0.39, 0.29) is 34.5 Å². The largest absolute Gasteiger partial charge is 0.632 e. The number of rotatable bonds is 2. The van der Waals surface area contributed by atoms with Gasteiger partial charge in [-0.2, -0.15) is 0 Å². The average Bonchev–Trinajstić information content (AvgIpc) is 2.97. The van der Waals surface area contributed by atoms with Crippen LogP contribution in [0.5, 0.6) is 5.75 Å². The van der Waals surface area contributed by atoms with Crippen LogP contribution in [0.2, 0.25) is 0 Å². The van der Waals surface area contributed by atoms with Gasteiger partial charge in [-0.15, -0.1) is 0 Å². The molecule has 0 aromatic heterocycles. The van der Waals surface area contributed by atoms with Crippen LogP contribution < -0.4 is 9.64 Å². The van der Waals surface area contributed by atoms with E-state index in [1.807, 2.05) is 13.0 Å². The van der Waals surface area contributed by atoms with E-state index < -0.39 is 5.41 Å². The topological polar surface area (TPSA) is 61.8 Å². The van der Waals surface area contributed by atoms with Crippen LogP contribution in [0.25, 0.3) is 0 Å². The fourth-order valence-electron chi connectivity index (χ4n) is 7.04. The Morgan fingerprint density at radius 2 is 2.18 bits per heavy atom. The van der Waals surface area contributed by atoms with Gasteiger partial charge in [0.25, 0.3) is 0 Å². The number of esters is 1. The predicted octanol–water partition coefficient (Wildman–Crippen LogP) is 2.61. The molecule has 1 aromatic rings. The van der Waals surface area contributed by atoms with E-state index in [1.165, 1.54) is 7.11 Å². The maximum atomic E-state index is 13.9. The molecule has 0 amide bonds. The summed E-state index contributed by atoms with van der Waals surface area (Å²) in [5.74, 6) is 0.449. The molecule has 5 rings (SSSR count). The van der Waals surface area contributed by atoms with Crippen LogP contribution in [0.15, 0.2) is 29.8 Å². The summed E-state index contributed by atoms with van der Waals surface area (Å²) >= 11 is 0. The maximum Gasteiger partial charge on any atom is 0.310 e. The van der Waals surface area contributed by atoms with Gasteiger partial charge < -0.3 is 24.2 Å². The first kappa shape index (κ1) is 18.0. The normalized spacial score (nSPS) is 41.6. The van der Waals surface area contributed by atoms with Crippen molar-refractivity contribution in [2.75, 3.05) is 39.3 Å². The molecule has 6 heteroatoms. The highest BCUT2D eigenvalue weighted by Gasteiger charge is 2.72. The van der Waals surface area contributed by atoms with Crippen LogP contribution >= 0.6 is 0 Å². The minimum atomic E-state index is -0.403. The molecular formula is C22H28N2O4. The van der Waals surface area contributed by atoms with E-state index in [2.05, 4.69) is 30.2 Å². The Labute approximate surface area is 165 Å². The number of benzene rings is 1. The summed E-state index contributed by atoms with van der Waals surface area (Å²) in [6.07, 6.45) is 3.52. The fraction of sp³-hybridized carbons (Fsp3) is 0.591. The molecule has 1 saturated carbocycles. The van der Waals surface area contributed by atoms with Crippen molar-refractivity contribution in [3.8, 4) is 5.75 Å². The SMILES string of the molecule is C/C=C1/C[N+]2([O-])CC[C@@]34c5cc(OC)ccc5N(C)C3[C@@H]2C[C@@H]1[C@H]4C(=O)OC. The lowest BCUT2D eigenvalue weighted by Crippen LogP contribution is -2.77. The number of allylic oxidation sites excluding steroid dienone is 1. The van der Waals surface area contributed by atoms with Crippen molar-refractivity contribution in [3.63, 3.8) is 0 Å². The van der Waals surface area contributed by atoms with Gasteiger partial charge in [0.05, 0.1) is 32.7 Å². The number of likely N-dealkylation sites (N-methyl/N-ethyl adjacent to an activating group) is 1. The summed E-state index contributed by atoms with van der Waals surface area (Å²) in [5.41, 5.74) is 2.98. The number of piperidine rings is 2. The Morgan fingerprint density at radius 1 is 1.39 bits per heavy atom. The summed E-state index contributed by atoms with van der Waals surface area (Å²) in [5, 5.41) is 13.9. The van der Waals surface area contributed by atoms with Crippen LogP contribution in [0.4, 0.5) is 5.69 Å². The molecule has 4 aliphatic rings. The molecule has 1 aromatic carbocycles. The molecule has 0 N–H and O–H groups in total. The molecular weight excluding hydrogens is 356 g/mol. The third-order valence-corrected chi connectivity index (χ3v) is 8.11. The van der Waals surface area contributed by atoms with Gasteiger partial charge in [0, 0.05) is 36.9 Å². The Morgan fingerprint density at radius 3 is 2.86 bits per heavy atom. The molecule has 28 heavy (non-hydrogen) atoms. The first-order chi connectivity index (χ1) is 13.4. The molecule has 3 fully saturated rings. The maximum absolute atomic E-state index is 13.9. The summed E-state index contributed by atoms with van der Waals surface area (Å²) in [4.78, 5) is 15.5. The van der Waals surface area contributed by atoms with Crippen LogP contribution in [-0.2, 0) is 14.9 Å². The van der Waals surface area contributed by atoms with Crippen molar-refractivity contribution in [3.05, 3.63) is 40.6 Å². The van der Waals surface area contributed by atoms with Gasteiger partial charge in [0.1, 0.15) is 18.3 Å². The molecule has 3 heterocycles. The van der Waals surface area contributed by atoms with Gasteiger partial charge in [0.15, 0.2) is 0 Å². The lowest BCUT2D eigenvalue weighted by Gasteiger charge is -2.68. The van der Waals surface area contributed by atoms with Crippen molar-refractivity contribution in [2.45, 2.75) is 37.3 Å². The second-order valence-corrected chi connectivity index (χ2v) is 8.84. The van der Waals surface area contributed by atoms with Crippen LogP contribution in [0.3, 0.4) is 0 Å². The third kappa shape index (κ3) is 1.93. The van der Waals surface area contributed by atoms with Crippen LogP contribution in [0.1, 0.15) is 25.3 Å². The van der Waals surface area contributed by atoms with Crippen molar-refractivity contribution >= 4 is 11.7 Å². The molecule has 150 valence electrons. The quantitative estimate of drug-likeness (QED) is 0.339. The van der Waals surface area contributed by atoms with Gasteiger partial charge in [0.2, 0.25) is 0 Å². The number of carbonyl (C=O) groups is 1. The summed E-state index contributed by atoms with van der Waals surface area (Å²) < 4.78 is 10.7. The molecule has 0 spiro atoms. The third-order valence-electron chi connectivity index (χ3n) is 8.11. The van der Waals surface area contributed by atoms with Crippen molar-refractivity contribution < 1.29 is 18.9 Å². The highest BCUT2D eigenvalue weighted by Crippen LogP contribution is 2.65. The van der Waals surface area contributed by atoms with Crippen molar-refractivity contribution in [1.82, 2.24) is 0 Å². The van der Waals surface area contributed by atoms with Gasteiger partial charge >= 0.3 is 5.97 Å². The first-order valence-corrected chi connectivity index (χ1v) is 10.1. The zero-order valence-electron chi connectivity index (χ0n) is 17.0. The highest BCUT2D eigenvalue weighted by atomic mass is 16.5. The van der Waals surface area contributed by atoms with Gasteiger partial charge in [-0.25, -0.2) is 0 Å². The molecule has 0 radical (unpaired) electrons. The Bertz CT molecular complexity index is 883. The number of carbonyl (C=O) groups excluding carboxylic acids is 1. The minimum absolute atomic E-state index is 0.0135. The monoisotopic (exact) mass is 384 g/mol. The number of hydroxylamine groups is 3. The smallest absolute Gasteiger partial charge is 0.310 e. The van der Waals surface area contributed by atoms with Crippen LogP contribution in [-0.4, -0.2) is 57.1 Å². The number of quaternary nitrogens is 1. The van der Waals surface area contributed by atoms with E-state index >= 15 is 0 Å². The number of hydrogen-bond donors (Lipinski definition) is 0. The molecule has 3 bridgehead atoms. The van der Waals surface area contributed by atoms with E-state index in [0.29, 0.717) is 19.5 Å². The summed E-state index contributed by atoms with van der Waals surface area (Å²) in [7, 11) is 5.23. The zero-order chi connectivity index (χ0) is 19.8. The minimum Gasteiger partial charge on any atom is -0.632 e. The van der Waals surface area contributed by atoms with Gasteiger partial charge in [-0.05, 0) is 36.3 Å². The average molecular weight is 384 g/mol. The summed E-state index contributed by atoms with van der Waals surface area (Å²) in [6, 6.07) is 6.12. The molecule has 2 unspecified atom stereocenters. The first-order valence-electron chi connectivity index (χ1n) is 10.1. The van der Waals surface area contributed by atoms with E-state index in [9.17, 15) is 10.0 Å². The van der Waals surface area contributed by atoms with Crippen molar-refractivity contribution in [1.29, 1.82) is 0 Å². The second kappa shape index (κ2) is 5.74. The van der Waals surface area contributed by atoms with E-state index in [1.54, 1.807) is 7.11 Å². The van der Waals surface area contributed by atoms with E-state index in [4.69, 9.17) is 9.47 Å². The number of ether oxygens (including phenoxy) is 2. The summed E-state index contributed by atoms with van der Waals surface area (Å²) in [6.45, 7) is 3.04.